The number of nitrogens with one attached hydrogen (secondary N) is 1. The van der Waals surface area contributed by atoms with Crippen molar-refractivity contribution in [3.05, 3.63) is 27.8 Å². The van der Waals surface area contributed by atoms with Crippen LogP contribution in [0.4, 0.5) is 5.69 Å². The van der Waals surface area contributed by atoms with Gasteiger partial charge in [0.25, 0.3) is 5.69 Å². The predicted molar refractivity (Wildman–Crippen MR) is 84.3 cm³/mol. The van der Waals surface area contributed by atoms with Crippen LogP contribution in [0, 0.1) is 16.0 Å². The van der Waals surface area contributed by atoms with Crippen molar-refractivity contribution in [1.29, 1.82) is 0 Å². The molecule has 25 heavy (non-hydrogen) atoms. The molecule has 0 aliphatic carbocycles. The summed E-state index contributed by atoms with van der Waals surface area (Å²) in [6.07, 6.45) is 0.227. The van der Waals surface area contributed by atoms with E-state index in [4.69, 9.17) is 14.2 Å². The number of nitro benzene ring substituents is 1. The molecule has 0 amide bonds. The fraction of sp³-hybridized carbons (Fsp3) is 0.500. The minimum atomic E-state index is -0.691. The molecule has 3 atom stereocenters. The fourth-order valence-corrected chi connectivity index (χ4v) is 3.26. The van der Waals surface area contributed by atoms with Gasteiger partial charge >= 0.3 is 5.97 Å². The molecule has 2 aliphatic heterocycles. The van der Waals surface area contributed by atoms with Crippen molar-refractivity contribution in [2.45, 2.75) is 32.4 Å². The van der Waals surface area contributed by atoms with Gasteiger partial charge in [-0.05, 0) is 26.3 Å². The molecule has 0 unspecified atom stereocenters. The second kappa shape index (κ2) is 6.67. The monoisotopic (exact) mass is 350 g/mol. The van der Waals surface area contributed by atoms with Gasteiger partial charge in [0.2, 0.25) is 6.79 Å². The first kappa shape index (κ1) is 17.2. The molecular formula is C16H18N2O7. The van der Waals surface area contributed by atoms with Crippen LogP contribution in [-0.4, -0.2) is 36.1 Å². The third-order valence-electron chi connectivity index (χ3n) is 4.42. The maximum atomic E-state index is 12.1. The smallest absolute Gasteiger partial charge is 0.323 e. The van der Waals surface area contributed by atoms with E-state index in [1.165, 1.54) is 19.1 Å². The van der Waals surface area contributed by atoms with E-state index in [0.29, 0.717) is 11.3 Å². The third-order valence-corrected chi connectivity index (χ3v) is 4.42. The number of carbonyl (C=O) groups is 2. The molecule has 0 spiro atoms. The molecule has 9 nitrogen and oxygen atoms in total. The SMILES string of the molecule is CCOC(=O)[C@H]1C[C@@H](C(C)=O)[C@@H](c2cc3c(cc2[N+](=O)[O-])OCO3)N1. The maximum absolute atomic E-state index is 12.1. The number of esters is 1. The van der Waals surface area contributed by atoms with Crippen molar-refractivity contribution in [2.75, 3.05) is 13.4 Å². The van der Waals surface area contributed by atoms with Crippen molar-refractivity contribution in [1.82, 2.24) is 5.32 Å². The number of nitrogens with zero attached hydrogens (tertiary/aromatic N) is 1. The van der Waals surface area contributed by atoms with Crippen molar-refractivity contribution in [3.63, 3.8) is 0 Å². The van der Waals surface area contributed by atoms with Gasteiger partial charge in [-0.15, -0.1) is 0 Å². The molecule has 9 heteroatoms. The molecule has 0 aromatic heterocycles. The van der Waals surface area contributed by atoms with E-state index >= 15 is 0 Å². The lowest BCUT2D eigenvalue weighted by Crippen LogP contribution is -2.34. The van der Waals surface area contributed by atoms with E-state index in [1.807, 2.05) is 0 Å². The number of hydrogen-bond acceptors (Lipinski definition) is 8. The van der Waals surface area contributed by atoms with Crippen LogP contribution in [-0.2, 0) is 14.3 Å². The Bertz CT molecular complexity index is 733. The van der Waals surface area contributed by atoms with Crippen LogP contribution in [0.15, 0.2) is 12.1 Å². The zero-order chi connectivity index (χ0) is 18.1. The van der Waals surface area contributed by atoms with Crippen LogP contribution in [0.5, 0.6) is 11.5 Å². The number of nitro groups is 1. The van der Waals surface area contributed by atoms with Crippen LogP contribution in [0.3, 0.4) is 0 Å². The average Bonchev–Trinajstić information content (AvgIpc) is 3.20. The summed E-state index contributed by atoms with van der Waals surface area (Å²) in [5, 5.41) is 14.5. The number of benzene rings is 1. The topological polar surface area (TPSA) is 117 Å². The second-order valence-corrected chi connectivity index (χ2v) is 5.92. The molecule has 134 valence electrons. The van der Waals surface area contributed by atoms with Crippen molar-refractivity contribution in [2.24, 2.45) is 5.92 Å². The Morgan fingerprint density at radius 2 is 2.04 bits per heavy atom. The Hall–Kier alpha value is -2.68. The molecule has 2 aliphatic rings. The van der Waals surface area contributed by atoms with Crippen LogP contribution in [0.1, 0.15) is 31.9 Å². The van der Waals surface area contributed by atoms with E-state index in [9.17, 15) is 19.7 Å². The fourth-order valence-electron chi connectivity index (χ4n) is 3.26. The highest BCUT2D eigenvalue weighted by Crippen LogP contribution is 2.44. The van der Waals surface area contributed by atoms with Gasteiger partial charge in [-0.3, -0.25) is 25.0 Å². The highest BCUT2D eigenvalue weighted by atomic mass is 16.7. The number of fused-ring (bicyclic) bond motifs is 1. The molecule has 0 bridgehead atoms. The van der Waals surface area contributed by atoms with Gasteiger partial charge in [-0.1, -0.05) is 0 Å². The van der Waals surface area contributed by atoms with E-state index in [2.05, 4.69) is 5.32 Å². The Morgan fingerprint density at radius 1 is 1.36 bits per heavy atom. The molecule has 1 fully saturated rings. The predicted octanol–water partition coefficient (Wildman–Crippen LogP) is 1.49. The van der Waals surface area contributed by atoms with E-state index in [-0.39, 0.29) is 37.0 Å². The minimum Gasteiger partial charge on any atom is -0.465 e. The van der Waals surface area contributed by atoms with Crippen LogP contribution < -0.4 is 14.8 Å². The first-order valence-corrected chi connectivity index (χ1v) is 7.93. The van der Waals surface area contributed by atoms with E-state index < -0.39 is 28.9 Å². The summed E-state index contributed by atoms with van der Waals surface area (Å²) >= 11 is 0. The zero-order valence-corrected chi connectivity index (χ0v) is 13.8. The third kappa shape index (κ3) is 3.14. The summed E-state index contributed by atoms with van der Waals surface area (Å²) in [5.74, 6) is -0.538. The standard InChI is InChI=1S/C16H18N2O7/c1-3-23-16(20)11-4-9(8(2)19)15(17-11)10-5-13-14(25-7-24-13)6-12(10)18(21)22/h5-6,9,11,15,17H,3-4,7H2,1-2H3/t9-,11+,15-/m0/s1. The van der Waals surface area contributed by atoms with Gasteiger partial charge in [0, 0.05) is 12.0 Å². The zero-order valence-electron chi connectivity index (χ0n) is 13.8. The number of ether oxygens (including phenoxy) is 3. The Balaban J connectivity index is 2.00. The molecule has 1 saturated heterocycles. The number of ketones is 1. The summed E-state index contributed by atoms with van der Waals surface area (Å²) in [6.45, 7) is 3.30. The lowest BCUT2D eigenvalue weighted by atomic mass is 9.89. The van der Waals surface area contributed by atoms with Crippen molar-refractivity contribution < 1.29 is 28.7 Å². The van der Waals surface area contributed by atoms with Gasteiger partial charge in [0.05, 0.1) is 23.2 Å². The van der Waals surface area contributed by atoms with Gasteiger partial charge in [-0.2, -0.15) is 0 Å². The Labute approximate surface area is 143 Å². The van der Waals surface area contributed by atoms with Gasteiger partial charge < -0.3 is 14.2 Å². The molecular weight excluding hydrogens is 332 g/mol. The van der Waals surface area contributed by atoms with Crippen LogP contribution >= 0.6 is 0 Å². The number of carbonyl (C=O) groups excluding carboxylic acids is 2. The lowest BCUT2D eigenvalue weighted by molar-refractivity contribution is -0.385. The van der Waals surface area contributed by atoms with Crippen molar-refractivity contribution >= 4 is 17.4 Å². The molecule has 0 radical (unpaired) electrons. The highest BCUT2D eigenvalue weighted by Gasteiger charge is 2.44. The number of hydrogen-bond donors (Lipinski definition) is 1. The molecule has 1 N–H and O–H groups in total. The minimum absolute atomic E-state index is 0.0182. The quantitative estimate of drug-likeness (QED) is 0.482. The number of Topliss-reactive ketones (excluding diaryl/α,β-unsaturated/α-hetero) is 1. The van der Waals surface area contributed by atoms with Crippen LogP contribution in [0.25, 0.3) is 0 Å². The van der Waals surface area contributed by atoms with Gasteiger partial charge in [0.15, 0.2) is 11.5 Å². The molecule has 1 aromatic carbocycles. The summed E-state index contributed by atoms with van der Waals surface area (Å²) in [7, 11) is 0. The van der Waals surface area contributed by atoms with Gasteiger partial charge in [0.1, 0.15) is 11.8 Å². The number of rotatable bonds is 5. The average molecular weight is 350 g/mol. The van der Waals surface area contributed by atoms with Crippen molar-refractivity contribution in [3.8, 4) is 11.5 Å². The largest absolute Gasteiger partial charge is 0.465 e. The first-order valence-electron chi connectivity index (χ1n) is 7.93. The molecule has 1 aromatic rings. The van der Waals surface area contributed by atoms with Crippen LogP contribution in [0.2, 0.25) is 0 Å². The Morgan fingerprint density at radius 3 is 2.64 bits per heavy atom. The highest BCUT2D eigenvalue weighted by molar-refractivity contribution is 5.83. The maximum Gasteiger partial charge on any atom is 0.323 e. The van der Waals surface area contributed by atoms with E-state index in [1.54, 1.807) is 6.92 Å². The summed E-state index contributed by atoms with van der Waals surface area (Å²) in [5.41, 5.74) is 0.110. The first-order chi connectivity index (χ1) is 11.9. The second-order valence-electron chi connectivity index (χ2n) is 5.92. The Kier molecular flexibility index (Phi) is 4.58. The molecule has 2 heterocycles. The lowest BCUT2D eigenvalue weighted by Gasteiger charge is -2.18. The van der Waals surface area contributed by atoms with Gasteiger partial charge in [-0.25, -0.2) is 0 Å². The molecule has 0 saturated carbocycles. The normalized spacial score (nSPS) is 24.2. The summed E-state index contributed by atoms with van der Waals surface area (Å²) < 4.78 is 15.5. The molecule has 3 rings (SSSR count). The van der Waals surface area contributed by atoms with E-state index in [0.717, 1.165) is 0 Å². The summed E-state index contributed by atoms with van der Waals surface area (Å²) in [4.78, 5) is 35.0. The summed E-state index contributed by atoms with van der Waals surface area (Å²) in [6, 6.07) is 1.42.